The number of nitrogens with zero attached hydrogens (tertiary/aromatic N) is 1. The Morgan fingerprint density at radius 1 is 0.756 bits per heavy atom. The molecule has 1 aliphatic carbocycles. The lowest BCUT2D eigenvalue weighted by Crippen LogP contribution is -2.32. The quantitative estimate of drug-likeness (QED) is 0.271. The van der Waals surface area contributed by atoms with Gasteiger partial charge in [-0.3, -0.25) is 0 Å². The van der Waals surface area contributed by atoms with Gasteiger partial charge in [0.15, 0.2) is 0 Å². The summed E-state index contributed by atoms with van der Waals surface area (Å²) in [4.78, 5) is 28.3. The van der Waals surface area contributed by atoms with Gasteiger partial charge in [-0.1, -0.05) is 72.3 Å². The number of carbonyl (C=O) groups excluding carboxylic acids is 2. The highest BCUT2D eigenvalue weighted by molar-refractivity contribution is 7.89. The van der Waals surface area contributed by atoms with Crippen molar-refractivity contribution in [3.63, 3.8) is 0 Å². The van der Waals surface area contributed by atoms with Gasteiger partial charge in [0.05, 0.1) is 16.0 Å². The molecule has 0 aromatic heterocycles. The zero-order valence-corrected chi connectivity index (χ0v) is 27.8. The maximum Gasteiger partial charge on any atom is 0.339 e. The van der Waals surface area contributed by atoms with Crippen LogP contribution < -0.4 is 0 Å². The molecule has 45 heavy (non-hydrogen) atoms. The molecule has 0 spiro atoms. The Balaban J connectivity index is 1.76. The van der Waals surface area contributed by atoms with Crippen LogP contribution in [0.1, 0.15) is 59.1 Å². The van der Waals surface area contributed by atoms with E-state index >= 15 is 0 Å². The number of sulfonamides is 1. The lowest BCUT2D eigenvalue weighted by molar-refractivity contribution is -0.153. The van der Waals surface area contributed by atoms with Crippen molar-refractivity contribution in [1.82, 2.24) is 4.31 Å². The predicted octanol–water partition coefficient (Wildman–Crippen LogP) is 7.12. The third-order valence-electron chi connectivity index (χ3n) is 7.78. The lowest BCUT2D eigenvalue weighted by atomic mass is 9.76. The first-order valence-corrected chi connectivity index (χ1v) is 16.6. The van der Waals surface area contributed by atoms with Gasteiger partial charge in [0.25, 0.3) is 0 Å². The molecule has 5 rings (SSSR count). The maximum absolute atomic E-state index is 14.2. The molecule has 7 nitrogen and oxygen atoms in total. The maximum atomic E-state index is 14.2. The summed E-state index contributed by atoms with van der Waals surface area (Å²) < 4.78 is 41.1. The molecular formula is C37H41NO6S. The van der Waals surface area contributed by atoms with Crippen LogP contribution in [0.5, 0.6) is 0 Å². The normalized spacial score (nSPS) is 17.7. The molecule has 1 heterocycles. The summed E-state index contributed by atoms with van der Waals surface area (Å²) in [7, 11) is -3.87. The fourth-order valence-electron chi connectivity index (χ4n) is 5.87. The first-order valence-electron chi connectivity index (χ1n) is 15.2. The molecule has 0 amide bonds. The Morgan fingerprint density at radius 3 is 1.91 bits per heavy atom. The minimum absolute atomic E-state index is 0.0766. The van der Waals surface area contributed by atoms with Crippen LogP contribution in [0, 0.1) is 12.8 Å². The molecule has 0 radical (unpaired) electrons. The average Bonchev–Trinajstić information content (AvgIpc) is 3.40. The van der Waals surface area contributed by atoms with Crippen molar-refractivity contribution in [2.45, 2.75) is 71.0 Å². The molecule has 1 fully saturated rings. The van der Waals surface area contributed by atoms with Crippen molar-refractivity contribution < 1.29 is 27.5 Å². The van der Waals surface area contributed by atoms with E-state index in [-0.39, 0.29) is 41.5 Å². The Labute approximate surface area is 266 Å². The number of fused-ring (bicyclic) bond motifs is 1. The van der Waals surface area contributed by atoms with Crippen LogP contribution in [0.15, 0.2) is 100 Å². The van der Waals surface area contributed by atoms with Gasteiger partial charge in [0, 0.05) is 19.0 Å². The Morgan fingerprint density at radius 2 is 1.31 bits per heavy atom. The van der Waals surface area contributed by atoms with E-state index in [1.165, 1.54) is 4.31 Å². The Bertz CT molecular complexity index is 1790. The number of rotatable bonds is 6. The Hall–Kier alpha value is -4.01. The second kappa shape index (κ2) is 12.1. The van der Waals surface area contributed by atoms with Crippen LogP contribution >= 0.6 is 0 Å². The fourth-order valence-corrected chi connectivity index (χ4v) is 7.33. The summed E-state index contributed by atoms with van der Waals surface area (Å²) in [6.07, 6.45) is 0.149. The number of esters is 2. The van der Waals surface area contributed by atoms with E-state index in [2.05, 4.69) is 0 Å². The molecule has 0 saturated carbocycles. The zero-order valence-electron chi connectivity index (χ0n) is 27.0. The largest absolute Gasteiger partial charge is 0.457 e. The predicted molar refractivity (Wildman–Crippen MR) is 176 cm³/mol. The Kier molecular flexibility index (Phi) is 8.68. The SMILES string of the molecule is Cc1ccc(S(=O)(=O)N2CC3=C(c4ccccc4-c4ccccc4)C(C(=O)OC(C)(C)C)=C(C(=O)OC(C)(C)C)C[C@@H]3C2)cc1. The summed E-state index contributed by atoms with van der Waals surface area (Å²) in [6.45, 7) is 12.8. The highest BCUT2D eigenvalue weighted by atomic mass is 32.2. The zero-order chi connectivity index (χ0) is 32.7. The van der Waals surface area contributed by atoms with Gasteiger partial charge in [0.1, 0.15) is 11.2 Å². The van der Waals surface area contributed by atoms with Crippen LogP contribution in [0.2, 0.25) is 0 Å². The van der Waals surface area contributed by atoms with Crippen molar-refractivity contribution in [2.24, 2.45) is 5.92 Å². The van der Waals surface area contributed by atoms with Crippen LogP contribution in [0.25, 0.3) is 16.7 Å². The van der Waals surface area contributed by atoms with Gasteiger partial charge in [0.2, 0.25) is 10.0 Å². The van der Waals surface area contributed by atoms with Gasteiger partial charge in [-0.2, -0.15) is 4.31 Å². The van der Waals surface area contributed by atoms with Crippen LogP contribution in [-0.2, 0) is 29.1 Å². The van der Waals surface area contributed by atoms with Crippen LogP contribution in [-0.4, -0.2) is 49.0 Å². The van der Waals surface area contributed by atoms with E-state index in [1.807, 2.05) is 61.5 Å². The van der Waals surface area contributed by atoms with E-state index in [0.29, 0.717) is 5.57 Å². The molecule has 0 unspecified atom stereocenters. The molecule has 2 aliphatic rings. The molecule has 3 aromatic rings. The smallest absolute Gasteiger partial charge is 0.339 e. The highest BCUT2D eigenvalue weighted by Gasteiger charge is 2.45. The fraction of sp³-hybridized carbons (Fsp3) is 0.351. The monoisotopic (exact) mass is 627 g/mol. The molecule has 8 heteroatoms. The number of carbonyl (C=O) groups is 2. The van der Waals surface area contributed by atoms with E-state index in [1.54, 1.807) is 65.8 Å². The molecule has 1 atom stereocenters. The summed E-state index contributed by atoms with van der Waals surface area (Å²) in [6, 6.07) is 24.3. The first-order chi connectivity index (χ1) is 21.0. The highest BCUT2D eigenvalue weighted by Crippen LogP contribution is 2.48. The van der Waals surface area contributed by atoms with Crippen molar-refractivity contribution >= 4 is 27.5 Å². The van der Waals surface area contributed by atoms with Crippen molar-refractivity contribution in [1.29, 1.82) is 0 Å². The number of ether oxygens (including phenoxy) is 2. The van der Waals surface area contributed by atoms with E-state index in [0.717, 1.165) is 27.8 Å². The molecule has 3 aromatic carbocycles. The third-order valence-corrected chi connectivity index (χ3v) is 9.60. The summed E-state index contributed by atoms with van der Waals surface area (Å²) in [5, 5.41) is 0. The van der Waals surface area contributed by atoms with Crippen LogP contribution in [0.4, 0.5) is 0 Å². The summed E-state index contributed by atoms with van der Waals surface area (Å²) in [5.41, 5.74) is 3.43. The molecule has 1 saturated heterocycles. The third kappa shape index (κ3) is 6.97. The molecular weight excluding hydrogens is 586 g/mol. The van der Waals surface area contributed by atoms with Gasteiger partial charge in [-0.25, -0.2) is 18.0 Å². The standard InChI is InChI=1S/C37H41NO6S/c1-24-17-19-27(20-18-24)45(41,42)38-22-26-21-30(34(39)43-36(2,3)4)33(35(40)44-37(5,6)7)32(31(26)23-38)29-16-12-11-15-28(29)25-13-9-8-10-14-25/h8-20,26H,21-23H2,1-7H3/t26-/m1/s1. The van der Waals surface area contributed by atoms with Gasteiger partial charge in [-0.05, 0) is 94.9 Å². The minimum atomic E-state index is -3.87. The van der Waals surface area contributed by atoms with Crippen LogP contribution in [0.3, 0.4) is 0 Å². The van der Waals surface area contributed by atoms with E-state index < -0.39 is 33.2 Å². The minimum Gasteiger partial charge on any atom is -0.457 e. The van der Waals surface area contributed by atoms with E-state index in [4.69, 9.17) is 9.47 Å². The van der Waals surface area contributed by atoms with Crippen molar-refractivity contribution in [3.8, 4) is 11.1 Å². The van der Waals surface area contributed by atoms with Gasteiger partial charge >= 0.3 is 11.9 Å². The number of aryl methyl sites for hydroxylation is 1. The molecule has 236 valence electrons. The lowest BCUT2D eigenvalue weighted by Gasteiger charge is -2.31. The first kappa shape index (κ1) is 32.4. The van der Waals surface area contributed by atoms with Gasteiger partial charge < -0.3 is 9.47 Å². The van der Waals surface area contributed by atoms with E-state index in [9.17, 15) is 18.0 Å². The second-order valence-corrected chi connectivity index (χ2v) is 15.6. The molecule has 0 N–H and O–H groups in total. The van der Waals surface area contributed by atoms with Gasteiger partial charge in [-0.15, -0.1) is 0 Å². The van der Waals surface area contributed by atoms with Crippen molar-refractivity contribution in [2.75, 3.05) is 13.1 Å². The summed E-state index contributed by atoms with van der Waals surface area (Å²) in [5.74, 6) is -1.61. The molecule has 1 aliphatic heterocycles. The second-order valence-electron chi connectivity index (χ2n) is 13.7. The average molecular weight is 628 g/mol. The summed E-state index contributed by atoms with van der Waals surface area (Å²) >= 11 is 0. The number of hydrogen-bond donors (Lipinski definition) is 0. The molecule has 0 bridgehead atoms. The number of hydrogen-bond acceptors (Lipinski definition) is 6. The number of benzene rings is 3. The van der Waals surface area contributed by atoms with Crippen molar-refractivity contribution in [3.05, 3.63) is 107 Å². The topological polar surface area (TPSA) is 90.0 Å².